The lowest BCUT2D eigenvalue weighted by Gasteiger charge is -2.33. The molecule has 1 atom stereocenters. The van der Waals surface area contributed by atoms with Gasteiger partial charge >= 0.3 is 5.97 Å². The minimum absolute atomic E-state index is 0.0743. The zero-order valence-electron chi connectivity index (χ0n) is 11.7. The van der Waals surface area contributed by atoms with E-state index in [0.717, 1.165) is 12.8 Å². The molecule has 0 spiro atoms. The Hall–Kier alpha value is -2.44. The topological polar surface area (TPSA) is 89.8 Å². The molecule has 0 radical (unpaired) electrons. The first-order valence-electron chi connectivity index (χ1n) is 6.68. The normalized spacial score (nSPS) is 18.1. The predicted molar refractivity (Wildman–Crippen MR) is 73.8 cm³/mol. The maximum atomic E-state index is 12.5. The third-order valence-electron chi connectivity index (χ3n) is 3.56. The van der Waals surface area contributed by atoms with Gasteiger partial charge in [-0.15, -0.1) is 0 Å². The molecule has 0 saturated carbocycles. The molecule has 0 aliphatic carbocycles. The van der Waals surface area contributed by atoms with Gasteiger partial charge in [-0.25, -0.2) is 4.79 Å². The van der Waals surface area contributed by atoms with Gasteiger partial charge in [0.25, 0.3) is 11.6 Å². The molecule has 1 amide bonds. The van der Waals surface area contributed by atoms with Crippen molar-refractivity contribution in [1.29, 1.82) is 0 Å². The van der Waals surface area contributed by atoms with Crippen LogP contribution in [0, 0.1) is 10.1 Å². The summed E-state index contributed by atoms with van der Waals surface area (Å²) >= 11 is 0. The quantitative estimate of drug-likeness (QED) is 0.481. The molecule has 1 aliphatic rings. The fourth-order valence-electron chi connectivity index (χ4n) is 2.45. The number of benzene rings is 1. The van der Waals surface area contributed by atoms with Crippen LogP contribution in [0.2, 0.25) is 0 Å². The molecule has 1 fully saturated rings. The highest BCUT2D eigenvalue weighted by Gasteiger charge is 2.33. The van der Waals surface area contributed by atoms with Crippen LogP contribution in [0.25, 0.3) is 0 Å². The molecule has 7 heteroatoms. The second-order valence-corrected chi connectivity index (χ2v) is 4.84. The number of ether oxygens (including phenoxy) is 1. The lowest BCUT2D eigenvalue weighted by atomic mass is 10.0. The van der Waals surface area contributed by atoms with E-state index in [2.05, 4.69) is 0 Å². The summed E-state index contributed by atoms with van der Waals surface area (Å²) in [6.45, 7) is 0.482. The van der Waals surface area contributed by atoms with Gasteiger partial charge in [0.1, 0.15) is 6.04 Å². The highest BCUT2D eigenvalue weighted by molar-refractivity contribution is 5.97. The zero-order valence-corrected chi connectivity index (χ0v) is 11.7. The lowest BCUT2D eigenvalue weighted by Crippen LogP contribution is -2.48. The summed E-state index contributed by atoms with van der Waals surface area (Å²) in [7, 11) is 1.30. The molecule has 1 aromatic carbocycles. The molecule has 1 aliphatic heterocycles. The summed E-state index contributed by atoms with van der Waals surface area (Å²) in [5.41, 5.74) is 0.256. The van der Waals surface area contributed by atoms with E-state index in [9.17, 15) is 19.7 Å². The van der Waals surface area contributed by atoms with Crippen LogP contribution < -0.4 is 0 Å². The second kappa shape index (κ2) is 6.34. The van der Waals surface area contributed by atoms with E-state index in [4.69, 9.17) is 4.74 Å². The first kappa shape index (κ1) is 15.0. The number of nitrogens with zero attached hydrogens (tertiary/aromatic N) is 2. The average molecular weight is 292 g/mol. The van der Waals surface area contributed by atoms with E-state index in [1.807, 2.05) is 0 Å². The number of likely N-dealkylation sites (tertiary alicyclic amines) is 1. The third-order valence-corrected chi connectivity index (χ3v) is 3.56. The number of hydrogen-bond donors (Lipinski definition) is 0. The average Bonchev–Trinajstić information content (AvgIpc) is 2.53. The number of amides is 1. The van der Waals surface area contributed by atoms with Gasteiger partial charge in [-0.1, -0.05) is 0 Å². The maximum Gasteiger partial charge on any atom is 0.328 e. The molecule has 0 N–H and O–H groups in total. The Morgan fingerprint density at radius 2 is 1.95 bits per heavy atom. The van der Waals surface area contributed by atoms with Gasteiger partial charge in [-0.05, 0) is 31.4 Å². The van der Waals surface area contributed by atoms with Crippen molar-refractivity contribution < 1.29 is 19.2 Å². The SMILES string of the molecule is COC(=O)[C@@H]1CCCCN1C(=O)c1ccc([N+](=O)[O-])cc1. The number of carbonyl (C=O) groups is 2. The van der Waals surface area contributed by atoms with E-state index in [0.29, 0.717) is 18.5 Å². The number of hydrogen-bond acceptors (Lipinski definition) is 5. The Kier molecular flexibility index (Phi) is 4.52. The summed E-state index contributed by atoms with van der Waals surface area (Å²) in [6, 6.07) is 4.80. The summed E-state index contributed by atoms with van der Waals surface area (Å²) in [4.78, 5) is 35.8. The standard InChI is InChI=1S/C14H16N2O5/c1-21-14(18)12-4-2-3-9-15(12)13(17)10-5-7-11(8-6-10)16(19)20/h5-8,12H,2-4,9H2,1H3/t12-/m0/s1. The largest absolute Gasteiger partial charge is 0.467 e. The predicted octanol–water partition coefficient (Wildman–Crippen LogP) is 1.76. The van der Waals surface area contributed by atoms with Crippen LogP contribution in [0.1, 0.15) is 29.6 Å². The number of rotatable bonds is 3. The highest BCUT2D eigenvalue weighted by atomic mass is 16.6. The molecule has 112 valence electrons. The van der Waals surface area contributed by atoms with Crippen molar-refractivity contribution in [1.82, 2.24) is 4.90 Å². The number of carbonyl (C=O) groups excluding carboxylic acids is 2. The van der Waals surface area contributed by atoms with Crippen molar-refractivity contribution in [3.63, 3.8) is 0 Å². The van der Waals surface area contributed by atoms with Gasteiger partial charge in [0.05, 0.1) is 12.0 Å². The molecule has 0 unspecified atom stereocenters. The van der Waals surface area contributed by atoms with Crippen molar-refractivity contribution in [2.24, 2.45) is 0 Å². The van der Waals surface area contributed by atoms with E-state index in [1.54, 1.807) is 0 Å². The second-order valence-electron chi connectivity index (χ2n) is 4.84. The van der Waals surface area contributed by atoms with Crippen LogP contribution in [0.4, 0.5) is 5.69 Å². The van der Waals surface area contributed by atoms with Crippen LogP contribution in [-0.2, 0) is 9.53 Å². The molecular weight excluding hydrogens is 276 g/mol. The number of nitro benzene ring substituents is 1. The van der Waals surface area contributed by atoms with Crippen molar-refractivity contribution >= 4 is 17.6 Å². The van der Waals surface area contributed by atoms with Crippen molar-refractivity contribution in [2.75, 3.05) is 13.7 Å². The van der Waals surface area contributed by atoms with E-state index in [-0.39, 0.29) is 11.6 Å². The minimum Gasteiger partial charge on any atom is -0.467 e. The van der Waals surface area contributed by atoms with Crippen molar-refractivity contribution in [2.45, 2.75) is 25.3 Å². The molecule has 0 bridgehead atoms. The molecule has 0 aromatic heterocycles. The van der Waals surface area contributed by atoms with Crippen LogP contribution in [0.5, 0.6) is 0 Å². The molecule has 1 heterocycles. The van der Waals surface area contributed by atoms with Crippen LogP contribution in [-0.4, -0.2) is 41.4 Å². The third kappa shape index (κ3) is 3.18. The summed E-state index contributed by atoms with van der Waals surface area (Å²) in [6.07, 6.45) is 2.27. The molecule has 2 rings (SSSR count). The number of methoxy groups -OCH3 is 1. The first-order chi connectivity index (χ1) is 10.0. The van der Waals surface area contributed by atoms with Crippen LogP contribution in [0.3, 0.4) is 0 Å². The van der Waals surface area contributed by atoms with Gasteiger partial charge in [0.2, 0.25) is 0 Å². The number of non-ortho nitro benzene ring substituents is 1. The smallest absolute Gasteiger partial charge is 0.328 e. The van der Waals surface area contributed by atoms with E-state index >= 15 is 0 Å². The van der Waals surface area contributed by atoms with Gasteiger partial charge in [0, 0.05) is 24.2 Å². The van der Waals surface area contributed by atoms with Crippen molar-refractivity contribution in [3.05, 3.63) is 39.9 Å². The Labute approximate surface area is 121 Å². The number of esters is 1. The van der Waals surface area contributed by atoms with Crippen LogP contribution >= 0.6 is 0 Å². The summed E-state index contributed by atoms with van der Waals surface area (Å²) in [5.74, 6) is -0.732. The minimum atomic E-state index is -0.577. The number of piperidine rings is 1. The molecule has 7 nitrogen and oxygen atoms in total. The molecule has 21 heavy (non-hydrogen) atoms. The molecule has 1 saturated heterocycles. The summed E-state index contributed by atoms with van der Waals surface area (Å²) in [5, 5.41) is 10.6. The fourth-order valence-corrected chi connectivity index (χ4v) is 2.45. The van der Waals surface area contributed by atoms with E-state index in [1.165, 1.54) is 36.3 Å². The van der Waals surface area contributed by atoms with E-state index < -0.39 is 16.9 Å². The summed E-state index contributed by atoms with van der Waals surface area (Å²) < 4.78 is 4.73. The Balaban J connectivity index is 2.20. The number of nitro groups is 1. The highest BCUT2D eigenvalue weighted by Crippen LogP contribution is 2.21. The van der Waals surface area contributed by atoms with Gasteiger partial charge < -0.3 is 9.64 Å². The monoisotopic (exact) mass is 292 g/mol. The Morgan fingerprint density at radius 3 is 2.52 bits per heavy atom. The molecule has 1 aromatic rings. The van der Waals surface area contributed by atoms with Crippen molar-refractivity contribution in [3.8, 4) is 0 Å². The Bertz CT molecular complexity index is 555. The maximum absolute atomic E-state index is 12.5. The first-order valence-corrected chi connectivity index (χ1v) is 6.68. The zero-order chi connectivity index (χ0) is 15.4. The molecular formula is C14H16N2O5. The van der Waals surface area contributed by atoms with Gasteiger partial charge in [-0.3, -0.25) is 14.9 Å². The lowest BCUT2D eigenvalue weighted by molar-refractivity contribution is -0.384. The van der Waals surface area contributed by atoms with Gasteiger partial charge in [0.15, 0.2) is 0 Å². The Morgan fingerprint density at radius 1 is 1.29 bits per heavy atom. The van der Waals surface area contributed by atoms with Gasteiger partial charge in [-0.2, -0.15) is 0 Å². The fraction of sp³-hybridized carbons (Fsp3) is 0.429. The van der Waals surface area contributed by atoms with Crippen LogP contribution in [0.15, 0.2) is 24.3 Å².